The lowest BCUT2D eigenvalue weighted by molar-refractivity contribution is -0.148. The van der Waals surface area contributed by atoms with Crippen molar-refractivity contribution >= 4 is 40.3 Å². The van der Waals surface area contributed by atoms with Crippen molar-refractivity contribution in [2.45, 2.75) is 55.9 Å². The number of anilines is 1. The van der Waals surface area contributed by atoms with Gasteiger partial charge < -0.3 is 9.15 Å². The number of benzene rings is 2. The number of aryl methyl sites for hydroxylation is 1. The van der Waals surface area contributed by atoms with Gasteiger partial charge in [0.05, 0.1) is 5.69 Å². The van der Waals surface area contributed by atoms with E-state index in [4.69, 9.17) is 9.15 Å². The van der Waals surface area contributed by atoms with Crippen molar-refractivity contribution in [1.29, 1.82) is 0 Å². The topological polar surface area (TPSA) is 76.8 Å². The standard InChI is InChI=1S/C25H23NO5S/c1-14(2)17-12-18-16(11-23(28)31-20(18)10-15(17)3)13-30-24(29)25-9-8-22(27)26(25)19-6-4-5-7-21(19)32-25/h4-7,10-12,14H,8-9,13H2,1-3H3/t25-/m1/s1. The number of fused-ring (bicyclic) bond motifs is 4. The fraction of sp³-hybridized carbons (Fsp3) is 0.320. The molecular formula is C25H23NO5S. The summed E-state index contributed by atoms with van der Waals surface area (Å²) in [4.78, 5) is 39.5. The van der Waals surface area contributed by atoms with E-state index in [-0.39, 0.29) is 12.5 Å². The molecule has 3 aromatic rings. The molecule has 164 valence electrons. The summed E-state index contributed by atoms with van der Waals surface area (Å²) in [5.41, 5.74) is 3.53. The van der Waals surface area contributed by atoms with E-state index >= 15 is 0 Å². The molecule has 1 fully saturated rings. The molecule has 0 radical (unpaired) electrons. The fourth-order valence-electron chi connectivity index (χ4n) is 4.66. The molecule has 1 amide bonds. The van der Waals surface area contributed by atoms with Crippen molar-refractivity contribution in [3.63, 3.8) is 0 Å². The first-order chi connectivity index (χ1) is 15.3. The highest BCUT2D eigenvalue weighted by molar-refractivity contribution is 8.02. The molecule has 0 unspecified atom stereocenters. The van der Waals surface area contributed by atoms with E-state index in [1.807, 2.05) is 43.3 Å². The number of carbonyl (C=O) groups is 2. The van der Waals surface area contributed by atoms with Crippen LogP contribution in [0.25, 0.3) is 11.0 Å². The molecule has 32 heavy (non-hydrogen) atoms. The minimum atomic E-state index is -1.09. The maximum atomic E-state index is 13.3. The smallest absolute Gasteiger partial charge is 0.343 e. The lowest BCUT2D eigenvalue weighted by atomic mass is 9.95. The van der Waals surface area contributed by atoms with Crippen molar-refractivity contribution < 1.29 is 18.7 Å². The summed E-state index contributed by atoms with van der Waals surface area (Å²) in [6.07, 6.45) is 0.684. The molecule has 1 atom stereocenters. The number of carbonyl (C=O) groups excluding carboxylic acids is 2. The first-order valence-electron chi connectivity index (χ1n) is 10.7. The van der Waals surface area contributed by atoms with Crippen LogP contribution in [-0.2, 0) is 20.9 Å². The average Bonchev–Trinajstić information content (AvgIpc) is 3.26. The van der Waals surface area contributed by atoms with Crippen LogP contribution in [0.3, 0.4) is 0 Å². The van der Waals surface area contributed by atoms with E-state index in [9.17, 15) is 14.4 Å². The second-order valence-corrected chi connectivity index (χ2v) is 9.93. The molecule has 1 saturated heterocycles. The monoisotopic (exact) mass is 449 g/mol. The fourth-order valence-corrected chi connectivity index (χ4v) is 6.07. The van der Waals surface area contributed by atoms with Crippen LogP contribution in [0.15, 0.2) is 56.6 Å². The number of para-hydroxylation sites is 1. The third-order valence-corrected chi connectivity index (χ3v) is 7.65. The highest BCUT2D eigenvalue weighted by Gasteiger charge is 2.58. The molecule has 0 saturated carbocycles. The van der Waals surface area contributed by atoms with Crippen LogP contribution in [0.2, 0.25) is 0 Å². The van der Waals surface area contributed by atoms with Gasteiger partial charge in [0.2, 0.25) is 5.91 Å². The van der Waals surface area contributed by atoms with E-state index in [1.165, 1.54) is 17.8 Å². The number of nitrogens with zero attached hydrogens (tertiary/aromatic N) is 1. The second-order valence-electron chi connectivity index (χ2n) is 8.61. The van der Waals surface area contributed by atoms with Crippen molar-refractivity contribution in [1.82, 2.24) is 0 Å². The number of esters is 1. The SMILES string of the molecule is Cc1cc2oc(=O)cc(COC(=O)[C@]34CCC(=O)N3c3ccccc3S4)c2cc1C(C)C. The normalized spacial score (nSPS) is 19.5. The zero-order valence-corrected chi connectivity index (χ0v) is 19.0. The molecular weight excluding hydrogens is 426 g/mol. The Hall–Kier alpha value is -3.06. The van der Waals surface area contributed by atoms with Crippen LogP contribution < -0.4 is 10.5 Å². The van der Waals surface area contributed by atoms with Gasteiger partial charge in [0.25, 0.3) is 0 Å². The summed E-state index contributed by atoms with van der Waals surface area (Å²) in [5.74, 6) is -0.253. The molecule has 2 aromatic carbocycles. The van der Waals surface area contributed by atoms with Gasteiger partial charge >= 0.3 is 11.6 Å². The number of ether oxygens (including phenoxy) is 1. The van der Waals surface area contributed by atoms with Gasteiger partial charge in [-0.2, -0.15) is 0 Å². The Labute approximate surface area is 189 Å². The maximum absolute atomic E-state index is 13.3. The van der Waals surface area contributed by atoms with Gasteiger partial charge in [-0.05, 0) is 48.2 Å². The predicted octanol–water partition coefficient (Wildman–Crippen LogP) is 4.90. The molecule has 2 aliphatic heterocycles. The van der Waals surface area contributed by atoms with Crippen LogP contribution in [0, 0.1) is 6.92 Å². The summed E-state index contributed by atoms with van der Waals surface area (Å²) >= 11 is 1.37. The molecule has 0 bridgehead atoms. The number of rotatable bonds is 4. The summed E-state index contributed by atoms with van der Waals surface area (Å²) in [6.45, 7) is 6.13. The van der Waals surface area contributed by atoms with Gasteiger partial charge in [-0.15, -0.1) is 0 Å². The zero-order valence-electron chi connectivity index (χ0n) is 18.1. The van der Waals surface area contributed by atoms with Crippen molar-refractivity contribution in [2.75, 3.05) is 4.90 Å². The van der Waals surface area contributed by atoms with Gasteiger partial charge in [-0.25, -0.2) is 9.59 Å². The van der Waals surface area contributed by atoms with Crippen molar-refractivity contribution in [3.05, 3.63) is 69.6 Å². The van der Waals surface area contributed by atoms with Gasteiger partial charge in [-0.1, -0.05) is 37.7 Å². The molecule has 7 heteroatoms. The Kier molecular flexibility index (Phi) is 4.89. The summed E-state index contributed by atoms with van der Waals surface area (Å²) in [7, 11) is 0. The van der Waals surface area contributed by atoms with E-state index in [0.717, 1.165) is 27.1 Å². The minimum absolute atomic E-state index is 0.0672. The van der Waals surface area contributed by atoms with E-state index in [2.05, 4.69) is 13.8 Å². The second kappa shape index (κ2) is 7.52. The summed E-state index contributed by atoms with van der Waals surface area (Å²) in [6, 6.07) is 12.7. The highest BCUT2D eigenvalue weighted by Crippen LogP contribution is 2.56. The number of thioether (sulfide) groups is 1. The molecule has 1 aromatic heterocycles. The first-order valence-corrected chi connectivity index (χ1v) is 11.5. The number of hydrogen-bond donors (Lipinski definition) is 0. The number of hydrogen-bond acceptors (Lipinski definition) is 6. The third kappa shape index (κ3) is 3.14. The predicted molar refractivity (Wildman–Crippen MR) is 123 cm³/mol. The molecule has 0 spiro atoms. The largest absolute Gasteiger partial charge is 0.458 e. The minimum Gasteiger partial charge on any atom is -0.458 e. The van der Waals surface area contributed by atoms with Crippen molar-refractivity contribution in [3.8, 4) is 0 Å². The summed E-state index contributed by atoms with van der Waals surface area (Å²) in [5, 5.41) is 0.755. The van der Waals surface area contributed by atoms with Crippen LogP contribution >= 0.6 is 11.8 Å². The Bertz CT molecular complexity index is 1330. The quantitative estimate of drug-likeness (QED) is 0.417. The lowest BCUT2D eigenvalue weighted by Crippen LogP contribution is -2.47. The van der Waals surface area contributed by atoms with Gasteiger partial charge in [0.15, 0.2) is 4.87 Å². The maximum Gasteiger partial charge on any atom is 0.343 e. The molecule has 3 heterocycles. The van der Waals surface area contributed by atoms with E-state index in [1.54, 1.807) is 4.90 Å². The third-order valence-electron chi connectivity index (χ3n) is 6.19. The van der Waals surface area contributed by atoms with Gasteiger partial charge in [-0.3, -0.25) is 9.69 Å². The Morgan fingerprint density at radius 2 is 2.00 bits per heavy atom. The van der Waals surface area contributed by atoms with Crippen LogP contribution in [0.5, 0.6) is 0 Å². The Morgan fingerprint density at radius 3 is 2.78 bits per heavy atom. The lowest BCUT2D eigenvalue weighted by Gasteiger charge is -2.28. The van der Waals surface area contributed by atoms with Crippen LogP contribution in [-0.4, -0.2) is 16.7 Å². The molecule has 6 nitrogen and oxygen atoms in total. The highest BCUT2D eigenvalue weighted by atomic mass is 32.2. The zero-order chi connectivity index (χ0) is 22.6. The first kappa shape index (κ1) is 20.8. The Balaban J connectivity index is 1.48. The molecule has 0 N–H and O–H groups in total. The van der Waals surface area contributed by atoms with Crippen molar-refractivity contribution in [2.24, 2.45) is 0 Å². The van der Waals surface area contributed by atoms with Gasteiger partial charge in [0.1, 0.15) is 12.2 Å². The Morgan fingerprint density at radius 1 is 1.22 bits per heavy atom. The van der Waals surface area contributed by atoms with Gasteiger partial charge in [0, 0.05) is 34.8 Å². The van der Waals surface area contributed by atoms with E-state index in [0.29, 0.717) is 29.9 Å². The molecule has 5 rings (SSSR count). The van der Waals surface area contributed by atoms with Crippen LogP contribution in [0.4, 0.5) is 5.69 Å². The molecule has 2 aliphatic rings. The van der Waals surface area contributed by atoms with Crippen LogP contribution in [0.1, 0.15) is 49.3 Å². The summed E-state index contributed by atoms with van der Waals surface area (Å²) < 4.78 is 11.2. The average molecular weight is 450 g/mol. The number of amides is 1. The molecule has 0 aliphatic carbocycles. The van der Waals surface area contributed by atoms with E-state index < -0.39 is 16.5 Å².